The SMILES string of the molecule is c1ccc(-c2ccc(-c3nc(-c4ccccc4)nc(-c4ccc5cccc(-c6cccc7c6[se]c6ccccc67)c5c4)n3)cc2)cc1. The van der Waals surface area contributed by atoms with E-state index in [9.17, 15) is 0 Å². The second-order valence-electron chi connectivity index (χ2n) is 11.6. The number of hydrogen-bond acceptors (Lipinski definition) is 3. The molecule has 0 aliphatic heterocycles. The van der Waals surface area contributed by atoms with E-state index in [1.807, 2.05) is 24.3 Å². The fourth-order valence-corrected chi connectivity index (χ4v) is 8.98. The number of benzene rings is 7. The van der Waals surface area contributed by atoms with E-state index >= 15 is 0 Å². The van der Waals surface area contributed by atoms with Gasteiger partial charge in [-0.3, -0.25) is 0 Å². The first-order valence-corrected chi connectivity index (χ1v) is 17.4. The van der Waals surface area contributed by atoms with Crippen LogP contribution in [-0.2, 0) is 0 Å². The van der Waals surface area contributed by atoms with E-state index in [1.165, 1.54) is 46.8 Å². The van der Waals surface area contributed by atoms with E-state index in [0.717, 1.165) is 22.3 Å². The summed E-state index contributed by atoms with van der Waals surface area (Å²) in [6.07, 6.45) is 0. The second-order valence-corrected chi connectivity index (χ2v) is 13.8. The summed E-state index contributed by atoms with van der Waals surface area (Å²) in [5.74, 6) is 1.98. The normalized spacial score (nSPS) is 11.4. The zero-order valence-electron chi connectivity index (χ0n) is 25.3. The van der Waals surface area contributed by atoms with Gasteiger partial charge in [0.1, 0.15) is 0 Å². The van der Waals surface area contributed by atoms with Gasteiger partial charge in [0.25, 0.3) is 0 Å². The monoisotopic (exact) mass is 665 g/mol. The molecule has 0 aliphatic carbocycles. The topological polar surface area (TPSA) is 38.7 Å². The van der Waals surface area contributed by atoms with Crippen LogP contribution in [0.4, 0.5) is 0 Å². The molecule has 2 aromatic heterocycles. The van der Waals surface area contributed by atoms with Gasteiger partial charge in [0, 0.05) is 0 Å². The van der Waals surface area contributed by atoms with Crippen LogP contribution < -0.4 is 0 Å². The standard InChI is InChI=1S/C43H27N3Se/c1-3-11-28(12-4-1)29-21-24-32(25-22-29)42-44-41(31-13-5-2-6-14-31)45-43(46-42)33-26-23-30-15-9-17-34(38(30)27-33)36-18-10-19-37-35-16-7-8-20-39(35)47-40(36)37/h1-27H. The predicted molar refractivity (Wildman–Crippen MR) is 196 cm³/mol. The Labute approximate surface area is 278 Å². The van der Waals surface area contributed by atoms with Crippen molar-refractivity contribution in [2.24, 2.45) is 0 Å². The Hall–Kier alpha value is -5.67. The molecule has 0 N–H and O–H groups in total. The van der Waals surface area contributed by atoms with Crippen molar-refractivity contribution in [3.8, 4) is 56.4 Å². The van der Waals surface area contributed by atoms with Gasteiger partial charge in [0.05, 0.1) is 0 Å². The summed E-state index contributed by atoms with van der Waals surface area (Å²) < 4.78 is 2.90. The minimum atomic E-state index is 0.256. The summed E-state index contributed by atoms with van der Waals surface area (Å²) in [7, 11) is 0. The second kappa shape index (κ2) is 11.6. The fourth-order valence-electron chi connectivity index (χ4n) is 6.40. The van der Waals surface area contributed by atoms with Crippen LogP contribution in [0.3, 0.4) is 0 Å². The molecule has 9 rings (SSSR count). The Kier molecular flexibility index (Phi) is 6.82. The maximum atomic E-state index is 5.08. The minimum absolute atomic E-state index is 0.256. The molecule has 7 aromatic carbocycles. The Bertz CT molecular complexity index is 2550. The molecule has 0 aliphatic rings. The molecular weight excluding hydrogens is 637 g/mol. The van der Waals surface area contributed by atoms with Crippen molar-refractivity contribution >= 4 is 44.6 Å². The van der Waals surface area contributed by atoms with Gasteiger partial charge in [0.2, 0.25) is 0 Å². The van der Waals surface area contributed by atoms with E-state index < -0.39 is 0 Å². The zero-order chi connectivity index (χ0) is 31.2. The summed E-state index contributed by atoms with van der Waals surface area (Å²) >= 11 is 0.256. The van der Waals surface area contributed by atoms with Crippen LogP contribution in [0.1, 0.15) is 0 Å². The molecule has 220 valence electrons. The molecule has 0 fully saturated rings. The van der Waals surface area contributed by atoms with Crippen LogP contribution in [0, 0.1) is 0 Å². The average molecular weight is 665 g/mol. The van der Waals surface area contributed by atoms with Crippen LogP contribution in [0.15, 0.2) is 164 Å². The third-order valence-electron chi connectivity index (χ3n) is 8.75. The smallest absolute Gasteiger partial charge is 0.0617 e. The Morgan fingerprint density at radius 1 is 0.340 bits per heavy atom. The molecule has 0 bridgehead atoms. The van der Waals surface area contributed by atoms with Gasteiger partial charge < -0.3 is 0 Å². The van der Waals surface area contributed by atoms with E-state index in [4.69, 9.17) is 15.0 Å². The van der Waals surface area contributed by atoms with Gasteiger partial charge in [-0.15, -0.1) is 0 Å². The van der Waals surface area contributed by atoms with Gasteiger partial charge in [-0.25, -0.2) is 0 Å². The van der Waals surface area contributed by atoms with Gasteiger partial charge in [-0.05, 0) is 11.1 Å². The molecule has 0 saturated carbocycles. The molecule has 0 amide bonds. The summed E-state index contributed by atoms with van der Waals surface area (Å²) in [5.41, 5.74) is 7.77. The molecular formula is C43H27N3Se. The van der Waals surface area contributed by atoms with Crippen molar-refractivity contribution < 1.29 is 0 Å². The molecule has 0 saturated heterocycles. The predicted octanol–water partition coefficient (Wildman–Crippen LogP) is 10.7. The Morgan fingerprint density at radius 2 is 0.872 bits per heavy atom. The first kappa shape index (κ1) is 27.6. The molecule has 0 unspecified atom stereocenters. The average Bonchev–Trinajstić information content (AvgIpc) is 3.54. The minimum Gasteiger partial charge on any atom is -0.0617 e. The van der Waals surface area contributed by atoms with Gasteiger partial charge in [0.15, 0.2) is 0 Å². The van der Waals surface area contributed by atoms with Crippen molar-refractivity contribution in [3.63, 3.8) is 0 Å². The van der Waals surface area contributed by atoms with Gasteiger partial charge in [-0.2, -0.15) is 0 Å². The Morgan fingerprint density at radius 3 is 1.64 bits per heavy atom. The third-order valence-corrected chi connectivity index (χ3v) is 11.3. The van der Waals surface area contributed by atoms with Crippen molar-refractivity contribution in [2.45, 2.75) is 0 Å². The number of fused-ring (bicyclic) bond motifs is 4. The van der Waals surface area contributed by atoms with E-state index in [-0.39, 0.29) is 14.5 Å². The van der Waals surface area contributed by atoms with Crippen LogP contribution in [-0.4, -0.2) is 29.5 Å². The summed E-state index contributed by atoms with van der Waals surface area (Å²) in [6, 6.07) is 57.8. The van der Waals surface area contributed by atoms with E-state index in [0.29, 0.717) is 17.5 Å². The molecule has 47 heavy (non-hydrogen) atoms. The summed E-state index contributed by atoms with van der Waals surface area (Å²) in [4.78, 5) is 15.1. The molecule has 2 heterocycles. The number of aromatic nitrogens is 3. The summed E-state index contributed by atoms with van der Waals surface area (Å²) in [6.45, 7) is 0. The molecule has 9 aromatic rings. The maximum absolute atomic E-state index is 5.08. The van der Waals surface area contributed by atoms with Crippen LogP contribution in [0.25, 0.3) is 86.5 Å². The molecule has 0 radical (unpaired) electrons. The molecule has 0 atom stereocenters. The molecule has 4 heteroatoms. The zero-order valence-corrected chi connectivity index (χ0v) is 27.1. The van der Waals surface area contributed by atoms with Gasteiger partial charge >= 0.3 is 232 Å². The molecule has 0 spiro atoms. The van der Waals surface area contributed by atoms with Crippen molar-refractivity contribution in [1.82, 2.24) is 15.0 Å². The van der Waals surface area contributed by atoms with E-state index in [2.05, 4.69) is 140 Å². The van der Waals surface area contributed by atoms with E-state index in [1.54, 1.807) is 0 Å². The Balaban J connectivity index is 1.20. The third kappa shape index (κ3) is 5.05. The number of rotatable bonds is 5. The van der Waals surface area contributed by atoms with Crippen molar-refractivity contribution in [3.05, 3.63) is 164 Å². The molecule has 3 nitrogen and oxygen atoms in total. The van der Waals surface area contributed by atoms with Crippen LogP contribution >= 0.6 is 0 Å². The van der Waals surface area contributed by atoms with Crippen LogP contribution in [0.5, 0.6) is 0 Å². The summed E-state index contributed by atoms with van der Waals surface area (Å²) in [5, 5.41) is 5.12. The van der Waals surface area contributed by atoms with Gasteiger partial charge in [-0.1, -0.05) is 36.4 Å². The van der Waals surface area contributed by atoms with Crippen molar-refractivity contribution in [1.29, 1.82) is 0 Å². The number of hydrogen-bond donors (Lipinski definition) is 0. The van der Waals surface area contributed by atoms with Crippen LogP contribution in [0.2, 0.25) is 0 Å². The number of nitrogens with zero attached hydrogens (tertiary/aromatic N) is 3. The first-order valence-electron chi connectivity index (χ1n) is 15.7. The first-order chi connectivity index (χ1) is 23.3. The fraction of sp³-hybridized carbons (Fsp3) is 0. The van der Waals surface area contributed by atoms with Crippen molar-refractivity contribution in [2.75, 3.05) is 0 Å². The quantitative estimate of drug-likeness (QED) is 0.172.